The first-order valence-corrected chi connectivity index (χ1v) is 6.50. The Labute approximate surface area is 119 Å². The third-order valence-corrected chi connectivity index (χ3v) is 3.32. The van der Waals surface area contributed by atoms with E-state index in [0.29, 0.717) is 18.0 Å². The molecule has 0 bridgehead atoms. The Morgan fingerprint density at radius 1 is 1.45 bits per heavy atom. The lowest BCUT2D eigenvalue weighted by Crippen LogP contribution is -2.33. The molecule has 2 rings (SSSR count). The second kappa shape index (κ2) is 5.91. The number of carbonyl (C=O) groups is 1. The zero-order chi connectivity index (χ0) is 14.8. The molecule has 110 valence electrons. The van der Waals surface area contributed by atoms with Gasteiger partial charge in [0.1, 0.15) is 0 Å². The van der Waals surface area contributed by atoms with Gasteiger partial charge in [0.15, 0.2) is 6.61 Å². The van der Waals surface area contributed by atoms with Gasteiger partial charge in [-0.1, -0.05) is 23.7 Å². The largest absolute Gasteiger partial charge is 0.440 e. The van der Waals surface area contributed by atoms with Crippen LogP contribution in [0.5, 0.6) is 0 Å². The van der Waals surface area contributed by atoms with Crippen molar-refractivity contribution in [3.8, 4) is 0 Å². The lowest BCUT2D eigenvalue weighted by molar-refractivity contribution is -0.162. The van der Waals surface area contributed by atoms with Crippen LogP contribution in [0.4, 0.5) is 18.0 Å². The third-order valence-electron chi connectivity index (χ3n) is 3.08. The van der Waals surface area contributed by atoms with Crippen LogP contribution in [-0.2, 0) is 4.74 Å². The number of amides is 1. The predicted octanol–water partition coefficient (Wildman–Crippen LogP) is 4.18. The van der Waals surface area contributed by atoms with E-state index in [4.69, 9.17) is 11.6 Å². The molecule has 1 aromatic rings. The van der Waals surface area contributed by atoms with Gasteiger partial charge in [-0.25, -0.2) is 4.79 Å². The molecule has 1 amide bonds. The lowest BCUT2D eigenvalue weighted by Gasteiger charge is -2.24. The molecule has 1 aliphatic heterocycles. The highest BCUT2D eigenvalue weighted by Crippen LogP contribution is 2.33. The predicted molar refractivity (Wildman–Crippen MR) is 67.5 cm³/mol. The minimum atomic E-state index is -4.51. The number of rotatable bonds is 2. The van der Waals surface area contributed by atoms with E-state index in [9.17, 15) is 18.0 Å². The highest BCUT2D eigenvalue weighted by Gasteiger charge is 2.35. The van der Waals surface area contributed by atoms with Crippen molar-refractivity contribution in [3.63, 3.8) is 0 Å². The van der Waals surface area contributed by atoms with E-state index in [2.05, 4.69) is 4.74 Å². The van der Waals surface area contributed by atoms with Crippen molar-refractivity contribution < 1.29 is 22.7 Å². The van der Waals surface area contributed by atoms with Gasteiger partial charge in [-0.2, -0.15) is 13.2 Å². The molecule has 0 spiro atoms. The van der Waals surface area contributed by atoms with Gasteiger partial charge in [0.05, 0.1) is 6.04 Å². The van der Waals surface area contributed by atoms with Crippen molar-refractivity contribution >= 4 is 17.7 Å². The fourth-order valence-corrected chi connectivity index (χ4v) is 2.47. The first-order chi connectivity index (χ1) is 9.37. The smallest absolute Gasteiger partial charge is 0.422 e. The SMILES string of the molecule is O=C(OCC(F)(F)F)N1CCCC1c1cccc(Cl)c1. The molecule has 1 unspecified atom stereocenters. The van der Waals surface area contributed by atoms with Gasteiger partial charge in [0.2, 0.25) is 0 Å². The molecule has 1 heterocycles. The van der Waals surface area contributed by atoms with Crippen molar-refractivity contribution in [2.45, 2.75) is 25.1 Å². The first-order valence-electron chi connectivity index (χ1n) is 6.12. The van der Waals surface area contributed by atoms with Gasteiger partial charge in [-0.05, 0) is 30.5 Å². The maximum Gasteiger partial charge on any atom is 0.422 e. The second-order valence-corrected chi connectivity index (χ2v) is 5.01. The summed E-state index contributed by atoms with van der Waals surface area (Å²) in [6, 6.07) is 6.67. The quantitative estimate of drug-likeness (QED) is 0.820. The number of ether oxygens (including phenoxy) is 1. The molecule has 0 radical (unpaired) electrons. The van der Waals surface area contributed by atoms with E-state index < -0.39 is 18.9 Å². The normalized spacial score (nSPS) is 19.2. The van der Waals surface area contributed by atoms with Crippen LogP contribution in [0.1, 0.15) is 24.4 Å². The molecule has 0 N–H and O–H groups in total. The minimum absolute atomic E-state index is 0.283. The first kappa shape index (κ1) is 15.0. The monoisotopic (exact) mass is 307 g/mol. The van der Waals surface area contributed by atoms with E-state index in [1.165, 1.54) is 4.90 Å². The Morgan fingerprint density at radius 2 is 2.20 bits per heavy atom. The van der Waals surface area contributed by atoms with Crippen molar-refractivity contribution in [1.29, 1.82) is 0 Å². The summed E-state index contributed by atoms with van der Waals surface area (Å²) in [5.41, 5.74) is 0.805. The van der Waals surface area contributed by atoms with E-state index >= 15 is 0 Å². The van der Waals surface area contributed by atoms with E-state index in [1.807, 2.05) is 0 Å². The van der Waals surface area contributed by atoms with Crippen LogP contribution in [0.25, 0.3) is 0 Å². The molecule has 0 aliphatic carbocycles. The molecule has 3 nitrogen and oxygen atoms in total. The van der Waals surface area contributed by atoms with Crippen LogP contribution in [0.15, 0.2) is 24.3 Å². The average molecular weight is 308 g/mol. The molecule has 7 heteroatoms. The summed E-state index contributed by atoms with van der Waals surface area (Å²) in [5, 5.41) is 0.526. The average Bonchev–Trinajstić information content (AvgIpc) is 2.84. The summed E-state index contributed by atoms with van der Waals surface area (Å²) in [5.74, 6) is 0. The standard InChI is InChI=1S/C13H13ClF3NO2/c14-10-4-1-3-9(7-10)11-5-2-6-18(11)12(19)20-8-13(15,16)17/h1,3-4,7,11H,2,5-6,8H2. The van der Waals surface area contributed by atoms with Crippen LogP contribution in [-0.4, -0.2) is 30.3 Å². The van der Waals surface area contributed by atoms with Crippen molar-refractivity contribution in [2.24, 2.45) is 0 Å². The molecular weight excluding hydrogens is 295 g/mol. The molecular formula is C13H13ClF3NO2. The second-order valence-electron chi connectivity index (χ2n) is 4.58. The highest BCUT2D eigenvalue weighted by atomic mass is 35.5. The summed E-state index contributed by atoms with van der Waals surface area (Å²) >= 11 is 5.89. The zero-order valence-corrected chi connectivity index (χ0v) is 11.2. The third kappa shape index (κ3) is 3.79. The summed E-state index contributed by atoms with van der Waals surface area (Å²) < 4.78 is 40.5. The molecule has 1 aromatic carbocycles. The minimum Gasteiger partial charge on any atom is -0.440 e. The fraction of sp³-hybridized carbons (Fsp3) is 0.462. The molecule has 1 aliphatic rings. The van der Waals surface area contributed by atoms with Gasteiger partial charge in [0, 0.05) is 11.6 Å². The molecule has 1 fully saturated rings. The van der Waals surface area contributed by atoms with Gasteiger partial charge >= 0.3 is 12.3 Å². The summed E-state index contributed by atoms with van der Waals surface area (Å²) in [6.45, 7) is -1.18. The zero-order valence-electron chi connectivity index (χ0n) is 10.5. The highest BCUT2D eigenvalue weighted by molar-refractivity contribution is 6.30. The van der Waals surface area contributed by atoms with E-state index in [1.54, 1.807) is 24.3 Å². The number of halogens is 4. The van der Waals surface area contributed by atoms with Crippen LogP contribution in [0.2, 0.25) is 5.02 Å². The van der Waals surface area contributed by atoms with Crippen molar-refractivity contribution in [2.75, 3.05) is 13.2 Å². The van der Waals surface area contributed by atoms with E-state index in [0.717, 1.165) is 12.0 Å². The Balaban J connectivity index is 2.05. The number of likely N-dealkylation sites (tertiary alicyclic amines) is 1. The van der Waals surface area contributed by atoms with Gasteiger partial charge in [0.25, 0.3) is 0 Å². The Bertz CT molecular complexity index is 493. The number of hydrogen-bond acceptors (Lipinski definition) is 2. The van der Waals surface area contributed by atoms with Gasteiger partial charge in [-0.15, -0.1) is 0 Å². The number of hydrogen-bond donors (Lipinski definition) is 0. The number of benzene rings is 1. The Kier molecular flexibility index (Phi) is 4.42. The number of alkyl halides is 3. The van der Waals surface area contributed by atoms with Crippen molar-refractivity contribution in [1.82, 2.24) is 4.90 Å². The van der Waals surface area contributed by atoms with Crippen LogP contribution in [0.3, 0.4) is 0 Å². The topological polar surface area (TPSA) is 29.5 Å². The molecule has 1 atom stereocenters. The maximum atomic E-state index is 12.1. The number of nitrogens with zero attached hydrogens (tertiary/aromatic N) is 1. The van der Waals surface area contributed by atoms with Crippen LogP contribution in [0, 0.1) is 0 Å². The summed E-state index contributed by atoms with van der Waals surface area (Å²) in [4.78, 5) is 13.0. The molecule has 1 saturated heterocycles. The number of carbonyl (C=O) groups excluding carboxylic acids is 1. The summed E-state index contributed by atoms with van der Waals surface area (Å²) in [6.07, 6.45) is -4.05. The van der Waals surface area contributed by atoms with Gasteiger partial charge < -0.3 is 9.64 Å². The van der Waals surface area contributed by atoms with E-state index in [-0.39, 0.29) is 6.04 Å². The van der Waals surface area contributed by atoms with Gasteiger partial charge in [-0.3, -0.25) is 0 Å². The van der Waals surface area contributed by atoms with Crippen LogP contribution < -0.4 is 0 Å². The molecule has 20 heavy (non-hydrogen) atoms. The summed E-state index contributed by atoms with van der Waals surface area (Å²) in [7, 11) is 0. The fourth-order valence-electron chi connectivity index (χ4n) is 2.27. The van der Waals surface area contributed by atoms with Crippen LogP contribution >= 0.6 is 11.6 Å². The molecule has 0 saturated carbocycles. The maximum absolute atomic E-state index is 12.1. The Morgan fingerprint density at radius 3 is 2.85 bits per heavy atom. The lowest BCUT2D eigenvalue weighted by atomic mass is 10.1. The Hall–Kier alpha value is -1.43. The molecule has 0 aromatic heterocycles. The van der Waals surface area contributed by atoms with Crippen molar-refractivity contribution in [3.05, 3.63) is 34.9 Å².